The molecule has 5 unspecified atom stereocenters. The van der Waals surface area contributed by atoms with Crippen molar-refractivity contribution in [3.05, 3.63) is 29.6 Å². The van der Waals surface area contributed by atoms with Gasteiger partial charge in [-0.3, -0.25) is 25.4 Å². The highest BCUT2D eigenvalue weighted by Gasteiger charge is 2.66. The van der Waals surface area contributed by atoms with Gasteiger partial charge in [0.05, 0.1) is 18.1 Å². The molecule has 5 aliphatic rings. The van der Waals surface area contributed by atoms with E-state index in [4.69, 9.17) is 10.8 Å². The van der Waals surface area contributed by atoms with E-state index >= 15 is 0 Å². The van der Waals surface area contributed by atoms with Crippen LogP contribution in [-0.2, 0) is 4.79 Å². The smallest absolute Gasteiger partial charge is 0.269 e. The molecule has 0 radical (unpaired) electrons. The summed E-state index contributed by atoms with van der Waals surface area (Å²) in [6.45, 7) is 2.29. The third-order valence-corrected chi connectivity index (χ3v) is 9.62. The fourth-order valence-corrected chi connectivity index (χ4v) is 7.75. The number of pyridine rings is 1. The van der Waals surface area contributed by atoms with Crippen LogP contribution in [0, 0.1) is 35.5 Å². The molecule has 1 aromatic heterocycles. The highest BCUT2D eigenvalue weighted by molar-refractivity contribution is 5.92. The predicted molar refractivity (Wildman–Crippen MR) is 144 cm³/mol. The summed E-state index contributed by atoms with van der Waals surface area (Å²) in [5.41, 5.74) is 0.0451. The first-order valence-electron chi connectivity index (χ1n) is 14.2. The molecule has 12 nitrogen and oxygen atoms in total. The van der Waals surface area contributed by atoms with Crippen LogP contribution in [0.25, 0.3) is 0 Å². The summed E-state index contributed by atoms with van der Waals surface area (Å²) in [5.74, 6) is 0.756. The minimum absolute atomic E-state index is 0.00150. The van der Waals surface area contributed by atoms with E-state index in [1.54, 1.807) is 17.2 Å². The van der Waals surface area contributed by atoms with E-state index in [0.29, 0.717) is 17.5 Å². The number of hydrogen-bond acceptors (Lipinski definition) is 6. The molecule has 8 N–H and O–H groups in total. The van der Waals surface area contributed by atoms with Gasteiger partial charge in [0, 0.05) is 25.2 Å². The lowest BCUT2D eigenvalue weighted by Crippen LogP contribution is -2.78. The molecule has 1 spiro atoms. The Labute approximate surface area is 228 Å². The number of aliphatic hydroxyl groups is 1. The van der Waals surface area contributed by atoms with Crippen molar-refractivity contribution < 1.29 is 14.7 Å². The maximum Gasteiger partial charge on any atom is 0.269 e. The topological polar surface area (TPSA) is 178 Å². The SMILES string of the molecule is Cc1ccc(C(=O)NC[C@@H]2NC(=N)N3CC(NC(=O)C4CCCC5CCCCC54)[C@@H](O)C34NC(=N)N[C@@H]24)nc1. The van der Waals surface area contributed by atoms with Crippen LogP contribution in [0.4, 0.5) is 0 Å². The van der Waals surface area contributed by atoms with Gasteiger partial charge in [-0.25, -0.2) is 0 Å². The Morgan fingerprint density at radius 3 is 2.74 bits per heavy atom. The Morgan fingerprint density at radius 1 is 1.15 bits per heavy atom. The van der Waals surface area contributed by atoms with Crippen molar-refractivity contribution in [1.29, 1.82) is 10.8 Å². The van der Waals surface area contributed by atoms with Gasteiger partial charge in [0.2, 0.25) is 5.91 Å². The molecule has 2 aliphatic carbocycles. The molecule has 3 saturated heterocycles. The lowest BCUT2D eigenvalue weighted by atomic mass is 9.65. The van der Waals surface area contributed by atoms with Crippen LogP contribution in [0.3, 0.4) is 0 Å². The van der Waals surface area contributed by atoms with E-state index in [1.165, 1.54) is 25.7 Å². The number of amides is 2. The molecule has 6 rings (SSSR count). The first-order valence-corrected chi connectivity index (χ1v) is 14.2. The third kappa shape index (κ3) is 4.38. The lowest BCUT2D eigenvalue weighted by molar-refractivity contribution is -0.131. The van der Waals surface area contributed by atoms with Crippen molar-refractivity contribution in [3.63, 3.8) is 0 Å². The second-order valence-electron chi connectivity index (χ2n) is 11.9. The monoisotopic (exact) mass is 537 g/mol. The lowest BCUT2D eigenvalue weighted by Gasteiger charge is -2.49. The highest BCUT2D eigenvalue weighted by atomic mass is 16.3. The molecular formula is C27H39N9O3. The normalized spacial score (nSPS) is 37.0. The number of fused-ring (bicyclic) bond motifs is 1. The van der Waals surface area contributed by atoms with Crippen molar-refractivity contribution >= 4 is 23.7 Å². The summed E-state index contributed by atoms with van der Waals surface area (Å²) in [6, 6.07) is 1.84. The van der Waals surface area contributed by atoms with Crippen molar-refractivity contribution in [2.45, 2.75) is 81.8 Å². The summed E-state index contributed by atoms with van der Waals surface area (Å²) >= 11 is 0. The van der Waals surface area contributed by atoms with E-state index in [-0.39, 0.29) is 42.7 Å². The number of aliphatic hydroxyl groups excluding tert-OH is 1. The van der Waals surface area contributed by atoms with Crippen molar-refractivity contribution in [2.75, 3.05) is 13.1 Å². The molecule has 1 aromatic rings. The highest BCUT2D eigenvalue weighted by Crippen LogP contribution is 2.44. The van der Waals surface area contributed by atoms with Crippen LogP contribution >= 0.6 is 0 Å². The zero-order valence-corrected chi connectivity index (χ0v) is 22.3. The minimum atomic E-state index is -1.20. The second kappa shape index (κ2) is 9.96. The van der Waals surface area contributed by atoms with Crippen LogP contribution in [-0.4, -0.2) is 81.7 Å². The third-order valence-electron chi connectivity index (χ3n) is 9.62. The first kappa shape index (κ1) is 25.8. The van der Waals surface area contributed by atoms with Gasteiger partial charge in [0.25, 0.3) is 5.91 Å². The zero-order valence-electron chi connectivity index (χ0n) is 22.3. The van der Waals surface area contributed by atoms with Gasteiger partial charge in [-0.2, -0.15) is 0 Å². The van der Waals surface area contributed by atoms with Crippen LogP contribution in [0.15, 0.2) is 18.3 Å². The number of nitrogens with one attached hydrogen (secondary N) is 7. The minimum Gasteiger partial charge on any atom is -0.386 e. The average molecular weight is 538 g/mol. The van der Waals surface area contributed by atoms with Crippen molar-refractivity contribution in [2.24, 2.45) is 17.8 Å². The van der Waals surface area contributed by atoms with Crippen LogP contribution in [0.1, 0.15) is 61.0 Å². The zero-order chi connectivity index (χ0) is 27.3. The molecule has 39 heavy (non-hydrogen) atoms. The Kier molecular flexibility index (Phi) is 6.60. The molecule has 4 heterocycles. The molecule has 0 aromatic carbocycles. The molecule has 2 amide bonds. The fourth-order valence-electron chi connectivity index (χ4n) is 7.75. The molecule has 2 saturated carbocycles. The largest absolute Gasteiger partial charge is 0.386 e. The van der Waals surface area contributed by atoms with E-state index in [0.717, 1.165) is 24.8 Å². The second-order valence-corrected chi connectivity index (χ2v) is 11.9. The number of nitrogens with zero attached hydrogens (tertiary/aromatic N) is 2. The molecule has 210 valence electrons. The summed E-state index contributed by atoms with van der Waals surface area (Å²) < 4.78 is 0. The maximum absolute atomic E-state index is 13.6. The molecule has 3 aliphatic heterocycles. The van der Waals surface area contributed by atoms with E-state index in [9.17, 15) is 14.7 Å². The number of carbonyl (C=O) groups excluding carboxylic acids is 2. The van der Waals surface area contributed by atoms with Gasteiger partial charge in [0.1, 0.15) is 11.8 Å². The van der Waals surface area contributed by atoms with Gasteiger partial charge in [0.15, 0.2) is 17.6 Å². The van der Waals surface area contributed by atoms with Gasteiger partial charge < -0.3 is 36.6 Å². The van der Waals surface area contributed by atoms with E-state index in [1.807, 2.05) is 13.0 Å². The number of hydrogen-bond donors (Lipinski definition) is 8. The summed E-state index contributed by atoms with van der Waals surface area (Å²) in [6.07, 6.45) is 8.43. The quantitative estimate of drug-likeness (QED) is 0.258. The molecule has 0 bridgehead atoms. The van der Waals surface area contributed by atoms with Gasteiger partial charge in [-0.05, 0) is 43.2 Å². The van der Waals surface area contributed by atoms with E-state index in [2.05, 4.69) is 31.6 Å². The van der Waals surface area contributed by atoms with Crippen molar-refractivity contribution in [3.8, 4) is 0 Å². The standard InChI is InChI=1S/C27H39N9O3/c1-14-9-10-18(30-11-14)24(39)31-12-19-21-27(35-25(28)34-21)22(37)20(13-36(27)26(29)33-19)32-23(38)17-8-4-6-15-5-2-3-7-16(15)17/h9-11,15-17,19-22,37H,2-8,12-13H2,1H3,(H2,29,33)(H,31,39)(H,32,38)(H3,28,34,35)/t15?,16?,17?,19-,20?,21-,22+,27?/m0/s1. The Hall–Kier alpha value is -3.41. The molecule has 8 atom stereocenters. The molecular weight excluding hydrogens is 498 g/mol. The summed E-state index contributed by atoms with van der Waals surface area (Å²) in [5, 5.41) is 44.1. The average Bonchev–Trinajstić information content (AvgIpc) is 3.43. The predicted octanol–water partition coefficient (Wildman–Crippen LogP) is -0.0133. The molecule has 12 heteroatoms. The maximum atomic E-state index is 13.6. The Bertz CT molecular complexity index is 1160. The number of aromatic nitrogens is 1. The fraction of sp³-hybridized carbons (Fsp3) is 0.667. The number of carbonyl (C=O) groups is 2. The van der Waals surface area contributed by atoms with Crippen LogP contribution < -0.4 is 26.6 Å². The number of aryl methyl sites for hydroxylation is 1. The number of guanidine groups is 2. The molecule has 5 fully saturated rings. The van der Waals surface area contributed by atoms with Gasteiger partial charge in [-0.1, -0.05) is 38.2 Å². The Balaban J connectivity index is 1.17. The van der Waals surface area contributed by atoms with Crippen molar-refractivity contribution in [1.82, 2.24) is 36.5 Å². The summed E-state index contributed by atoms with van der Waals surface area (Å²) in [7, 11) is 0. The first-order chi connectivity index (χ1) is 18.8. The van der Waals surface area contributed by atoms with Gasteiger partial charge in [-0.15, -0.1) is 0 Å². The Morgan fingerprint density at radius 2 is 1.95 bits per heavy atom. The van der Waals surface area contributed by atoms with Gasteiger partial charge >= 0.3 is 0 Å². The number of rotatable bonds is 5. The van der Waals surface area contributed by atoms with Crippen LogP contribution in [0.5, 0.6) is 0 Å². The van der Waals surface area contributed by atoms with Crippen LogP contribution in [0.2, 0.25) is 0 Å². The summed E-state index contributed by atoms with van der Waals surface area (Å²) in [4.78, 5) is 32.1. The van der Waals surface area contributed by atoms with E-state index < -0.39 is 29.9 Å².